The molecule has 4 rings (SSSR count). The molecule has 4 nitrogen and oxygen atoms in total. The van der Waals surface area contributed by atoms with E-state index in [4.69, 9.17) is 9.47 Å². The number of ether oxygens (including phenoxy) is 2. The Morgan fingerprint density at radius 2 is 2.00 bits per heavy atom. The van der Waals surface area contributed by atoms with Gasteiger partial charge in [-0.2, -0.15) is 0 Å². The van der Waals surface area contributed by atoms with E-state index < -0.39 is 5.60 Å². The van der Waals surface area contributed by atoms with Crippen molar-refractivity contribution in [2.75, 3.05) is 6.61 Å². The molecule has 2 heterocycles. The topological polar surface area (TPSA) is 55.8 Å². The smallest absolute Gasteiger partial charge is 0.219 e. The first-order chi connectivity index (χ1) is 13.2. The van der Waals surface area contributed by atoms with Crippen LogP contribution in [0.4, 0.5) is 0 Å². The van der Waals surface area contributed by atoms with Crippen molar-refractivity contribution >= 4 is 5.78 Å². The van der Waals surface area contributed by atoms with Gasteiger partial charge in [-0.15, -0.1) is 0 Å². The summed E-state index contributed by atoms with van der Waals surface area (Å²) in [5, 5.41) is 10.2. The molecule has 4 aliphatic rings. The summed E-state index contributed by atoms with van der Waals surface area (Å²) >= 11 is 0. The van der Waals surface area contributed by atoms with Gasteiger partial charge in [-0.1, -0.05) is 37.6 Å². The van der Waals surface area contributed by atoms with Gasteiger partial charge in [-0.05, 0) is 62.7 Å². The summed E-state index contributed by atoms with van der Waals surface area (Å²) in [5.41, 5.74) is 2.08. The Balaban J connectivity index is 1.73. The maximum atomic E-state index is 12.2. The standard InChI is InChI=1S/C24H32O4/c1-15-6-7-17-22-21-16(14-27-22)12-18(25)19(26)13-20(21)28-24(17,4)10-5-9-23(2,3)11-8-15/h5,8-9,12-13,17,20-22,26H,6-7,10-11,14H2,1-4H3/b9-5+,15-8?/t17-,20?,21?,22-,24+/m0/s1. The minimum Gasteiger partial charge on any atom is -0.504 e. The predicted octanol–water partition coefficient (Wildman–Crippen LogP) is 4.83. The highest BCUT2D eigenvalue weighted by molar-refractivity contribution is 6.03. The first-order valence-corrected chi connectivity index (χ1v) is 10.5. The molecule has 28 heavy (non-hydrogen) atoms. The Hall–Kier alpha value is -1.65. The fourth-order valence-electron chi connectivity index (χ4n) is 5.21. The molecule has 0 aromatic rings. The molecule has 0 saturated carbocycles. The molecule has 2 aliphatic heterocycles. The number of carbonyl (C=O) groups excluding carboxylic acids is 1. The molecule has 4 heteroatoms. The van der Waals surface area contributed by atoms with E-state index >= 15 is 0 Å². The molecule has 2 fully saturated rings. The Labute approximate surface area is 168 Å². The molecule has 5 atom stereocenters. The number of aliphatic hydroxyl groups excluding tert-OH is 1. The van der Waals surface area contributed by atoms with Gasteiger partial charge in [-0.3, -0.25) is 4.79 Å². The van der Waals surface area contributed by atoms with Gasteiger partial charge >= 0.3 is 0 Å². The zero-order valence-corrected chi connectivity index (χ0v) is 17.4. The minimum atomic E-state index is -0.400. The van der Waals surface area contributed by atoms with Gasteiger partial charge in [0.15, 0.2) is 5.76 Å². The second kappa shape index (κ2) is 7.00. The van der Waals surface area contributed by atoms with Crippen LogP contribution in [0.3, 0.4) is 0 Å². The lowest BCUT2D eigenvalue weighted by atomic mass is 9.70. The number of ketones is 1. The van der Waals surface area contributed by atoms with Crippen LogP contribution in [0, 0.1) is 17.3 Å². The number of hydrogen-bond acceptors (Lipinski definition) is 4. The fraction of sp³-hybridized carbons (Fsp3) is 0.625. The summed E-state index contributed by atoms with van der Waals surface area (Å²) in [4.78, 5) is 12.2. The zero-order valence-electron chi connectivity index (χ0n) is 17.4. The Kier molecular flexibility index (Phi) is 4.91. The number of fused-ring (bicyclic) bond motifs is 2. The van der Waals surface area contributed by atoms with E-state index in [1.54, 1.807) is 12.2 Å². The summed E-state index contributed by atoms with van der Waals surface area (Å²) in [6.07, 6.45) is 13.6. The SMILES string of the molecule is CC1=CCC(C)(C)/C=C/C[C@@]2(C)OC3C=C(O)C(=O)C=C4CO[C@H](C43)[C@@H]2CC1. The predicted molar refractivity (Wildman–Crippen MR) is 109 cm³/mol. The largest absolute Gasteiger partial charge is 0.504 e. The van der Waals surface area contributed by atoms with E-state index in [0.717, 1.165) is 31.3 Å². The van der Waals surface area contributed by atoms with Gasteiger partial charge in [0.2, 0.25) is 5.78 Å². The Bertz CT molecular complexity index is 784. The molecule has 0 amide bonds. The van der Waals surface area contributed by atoms with E-state index in [9.17, 15) is 9.90 Å². The lowest BCUT2D eigenvalue weighted by molar-refractivity contribution is -0.195. The number of aliphatic hydroxyl groups is 1. The monoisotopic (exact) mass is 384 g/mol. The van der Waals surface area contributed by atoms with Crippen LogP contribution in [0.2, 0.25) is 0 Å². The first-order valence-electron chi connectivity index (χ1n) is 10.5. The van der Waals surface area contributed by atoms with Crippen molar-refractivity contribution in [2.45, 2.75) is 71.2 Å². The van der Waals surface area contributed by atoms with Crippen LogP contribution in [0.5, 0.6) is 0 Å². The molecule has 2 aliphatic carbocycles. The van der Waals surface area contributed by atoms with Gasteiger partial charge in [-0.25, -0.2) is 0 Å². The number of rotatable bonds is 0. The van der Waals surface area contributed by atoms with E-state index in [-0.39, 0.29) is 41.0 Å². The molecule has 2 saturated heterocycles. The summed E-state index contributed by atoms with van der Waals surface area (Å²) in [6.45, 7) is 9.36. The summed E-state index contributed by atoms with van der Waals surface area (Å²) in [7, 11) is 0. The van der Waals surface area contributed by atoms with Crippen molar-refractivity contribution < 1.29 is 19.4 Å². The molecular weight excluding hydrogens is 352 g/mol. The number of allylic oxidation sites excluding steroid dienone is 4. The highest BCUT2D eigenvalue weighted by Gasteiger charge is 2.55. The minimum absolute atomic E-state index is 0.0138. The highest BCUT2D eigenvalue weighted by atomic mass is 16.5. The van der Waals surface area contributed by atoms with Gasteiger partial charge < -0.3 is 14.6 Å². The molecular formula is C24H32O4. The van der Waals surface area contributed by atoms with E-state index in [1.165, 1.54) is 5.57 Å². The zero-order chi connectivity index (χ0) is 20.1. The second-order valence-electron chi connectivity index (χ2n) is 9.83. The second-order valence-corrected chi connectivity index (χ2v) is 9.83. The third-order valence-electron chi connectivity index (χ3n) is 6.97. The lowest BCUT2D eigenvalue weighted by Crippen LogP contribution is -2.55. The van der Waals surface area contributed by atoms with Crippen molar-refractivity contribution in [3.63, 3.8) is 0 Å². The van der Waals surface area contributed by atoms with Crippen LogP contribution in [0.1, 0.15) is 53.4 Å². The third-order valence-corrected chi connectivity index (χ3v) is 6.97. The molecule has 1 N–H and O–H groups in total. The Morgan fingerprint density at radius 3 is 2.79 bits per heavy atom. The normalized spacial score (nSPS) is 41.4. The van der Waals surface area contributed by atoms with Crippen LogP contribution >= 0.6 is 0 Å². The highest BCUT2D eigenvalue weighted by Crippen LogP contribution is 2.50. The number of hydrogen-bond donors (Lipinski definition) is 1. The van der Waals surface area contributed by atoms with Crippen LogP contribution in [0.15, 0.2) is 47.3 Å². The average Bonchev–Trinajstić information content (AvgIpc) is 2.96. The van der Waals surface area contributed by atoms with Crippen LogP contribution in [-0.2, 0) is 14.3 Å². The van der Waals surface area contributed by atoms with E-state index in [1.807, 2.05) is 0 Å². The molecule has 0 spiro atoms. The van der Waals surface area contributed by atoms with Crippen LogP contribution in [0.25, 0.3) is 0 Å². The van der Waals surface area contributed by atoms with Crippen molar-refractivity contribution in [3.8, 4) is 0 Å². The summed E-state index contributed by atoms with van der Waals surface area (Å²) in [5.74, 6) is -0.302. The lowest BCUT2D eigenvalue weighted by Gasteiger charge is -2.49. The average molecular weight is 385 g/mol. The van der Waals surface area contributed by atoms with Crippen LogP contribution < -0.4 is 0 Å². The Morgan fingerprint density at radius 1 is 1.21 bits per heavy atom. The van der Waals surface area contributed by atoms with Crippen molar-refractivity contribution in [2.24, 2.45) is 17.3 Å². The van der Waals surface area contributed by atoms with Crippen molar-refractivity contribution in [1.29, 1.82) is 0 Å². The van der Waals surface area contributed by atoms with Crippen LogP contribution in [-0.4, -0.2) is 35.3 Å². The van der Waals surface area contributed by atoms with Gasteiger partial charge in [0.1, 0.15) is 0 Å². The van der Waals surface area contributed by atoms with E-state index in [2.05, 4.69) is 45.9 Å². The van der Waals surface area contributed by atoms with Crippen molar-refractivity contribution in [1.82, 2.24) is 0 Å². The van der Waals surface area contributed by atoms with Crippen molar-refractivity contribution in [3.05, 3.63) is 47.3 Å². The van der Waals surface area contributed by atoms with Gasteiger partial charge in [0.05, 0.1) is 24.4 Å². The summed E-state index contributed by atoms with van der Waals surface area (Å²) < 4.78 is 12.9. The maximum Gasteiger partial charge on any atom is 0.219 e. The molecule has 152 valence electrons. The third kappa shape index (κ3) is 3.53. The van der Waals surface area contributed by atoms with Gasteiger partial charge in [0.25, 0.3) is 0 Å². The summed E-state index contributed by atoms with van der Waals surface area (Å²) in [6, 6.07) is 0. The molecule has 0 aromatic heterocycles. The maximum absolute atomic E-state index is 12.2. The molecule has 2 unspecified atom stereocenters. The number of carbonyl (C=O) groups is 1. The quantitative estimate of drug-likeness (QED) is 0.608. The molecule has 0 bridgehead atoms. The molecule has 0 radical (unpaired) electrons. The molecule has 0 aromatic carbocycles. The fourth-order valence-corrected chi connectivity index (χ4v) is 5.21. The first kappa shape index (κ1) is 19.7. The van der Waals surface area contributed by atoms with Gasteiger partial charge in [0, 0.05) is 11.8 Å². The van der Waals surface area contributed by atoms with E-state index in [0.29, 0.717) is 6.61 Å².